The third kappa shape index (κ3) is 3.28. The molecule has 0 unspecified atom stereocenters. The van der Waals surface area contributed by atoms with E-state index in [1.807, 2.05) is 66.6 Å². The van der Waals surface area contributed by atoms with Crippen molar-refractivity contribution in [1.29, 1.82) is 0 Å². The first kappa shape index (κ1) is 18.3. The number of H-pyrrole nitrogens is 1. The number of likely N-dealkylation sites (tertiary alicyclic amines) is 1. The fourth-order valence-electron chi connectivity index (χ4n) is 4.07. The van der Waals surface area contributed by atoms with Gasteiger partial charge in [0.25, 0.3) is 5.91 Å². The minimum atomic E-state index is -0.0265. The van der Waals surface area contributed by atoms with Crippen LogP contribution in [0.5, 0.6) is 0 Å². The monoisotopic (exact) mass is 398 g/mol. The zero-order valence-electron chi connectivity index (χ0n) is 16.7. The third-order valence-electron chi connectivity index (χ3n) is 5.53. The Morgan fingerprint density at radius 2 is 1.90 bits per heavy atom. The van der Waals surface area contributed by atoms with E-state index in [4.69, 9.17) is 0 Å². The molecule has 1 fully saturated rings. The van der Waals surface area contributed by atoms with Crippen LogP contribution >= 0.6 is 0 Å². The molecule has 1 aliphatic rings. The molecule has 4 aromatic rings. The van der Waals surface area contributed by atoms with Crippen molar-refractivity contribution in [3.8, 4) is 17.1 Å². The Morgan fingerprint density at radius 3 is 2.70 bits per heavy atom. The quantitative estimate of drug-likeness (QED) is 0.565. The number of aromatic amines is 1. The molecule has 1 aliphatic heterocycles. The van der Waals surface area contributed by atoms with E-state index < -0.39 is 0 Å². The van der Waals surface area contributed by atoms with E-state index >= 15 is 0 Å². The highest BCUT2D eigenvalue weighted by molar-refractivity contribution is 5.98. The summed E-state index contributed by atoms with van der Waals surface area (Å²) < 4.78 is 0. The molecule has 1 atom stereocenters. The Labute approximate surface area is 174 Å². The molecule has 2 aromatic heterocycles. The van der Waals surface area contributed by atoms with Crippen LogP contribution in [-0.2, 0) is 0 Å². The van der Waals surface area contributed by atoms with Crippen LogP contribution in [0.4, 0.5) is 0 Å². The van der Waals surface area contributed by atoms with Gasteiger partial charge in [-0.15, -0.1) is 0 Å². The SMILES string of the molecule is Cc1ccc(-n2nccn2)c(C(=O)N2CCC[C@H]2c2cnc(-c3ccccc3)[nH]2)c1. The molecular weight excluding hydrogens is 376 g/mol. The lowest BCUT2D eigenvalue weighted by atomic mass is 10.1. The molecule has 2 aromatic carbocycles. The van der Waals surface area contributed by atoms with Crippen molar-refractivity contribution in [3.05, 3.63) is 83.9 Å². The van der Waals surface area contributed by atoms with Crippen LogP contribution < -0.4 is 0 Å². The summed E-state index contributed by atoms with van der Waals surface area (Å²) >= 11 is 0. The zero-order chi connectivity index (χ0) is 20.5. The number of nitrogens with zero attached hydrogens (tertiary/aromatic N) is 5. The van der Waals surface area contributed by atoms with Gasteiger partial charge in [0.05, 0.1) is 41.6 Å². The molecule has 3 heterocycles. The number of hydrogen-bond acceptors (Lipinski definition) is 4. The van der Waals surface area contributed by atoms with Crippen LogP contribution in [0.25, 0.3) is 17.1 Å². The van der Waals surface area contributed by atoms with E-state index in [-0.39, 0.29) is 11.9 Å². The fraction of sp³-hybridized carbons (Fsp3) is 0.217. The highest BCUT2D eigenvalue weighted by Crippen LogP contribution is 2.34. The summed E-state index contributed by atoms with van der Waals surface area (Å²) in [5, 5.41) is 8.44. The van der Waals surface area contributed by atoms with Gasteiger partial charge in [-0.25, -0.2) is 4.98 Å². The van der Waals surface area contributed by atoms with Gasteiger partial charge in [0, 0.05) is 12.1 Å². The molecule has 7 nitrogen and oxygen atoms in total. The highest BCUT2D eigenvalue weighted by atomic mass is 16.2. The van der Waals surface area contributed by atoms with Crippen molar-refractivity contribution >= 4 is 5.91 Å². The lowest BCUT2D eigenvalue weighted by molar-refractivity contribution is 0.0733. The molecule has 1 N–H and O–H groups in total. The fourth-order valence-corrected chi connectivity index (χ4v) is 4.07. The van der Waals surface area contributed by atoms with Crippen molar-refractivity contribution in [2.75, 3.05) is 6.54 Å². The summed E-state index contributed by atoms with van der Waals surface area (Å²) in [6, 6.07) is 15.8. The number of aryl methyl sites for hydroxylation is 1. The number of imidazole rings is 1. The maximum Gasteiger partial charge on any atom is 0.256 e. The first-order valence-electron chi connectivity index (χ1n) is 10.1. The smallest absolute Gasteiger partial charge is 0.256 e. The largest absolute Gasteiger partial charge is 0.340 e. The number of benzene rings is 2. The van der Waals surface area contributed by atoms with E-state index in [0.29, 0.717) is 17.8 Å². The summed E-state index contributed by atoms with van der Waals surface area (Å²) in [6.45, 7) is 2.70. The number of rotatable bonds is 4. The molecule has 0 bridgehead atoms. The summed E-state index contributed by atoms with van der Waals surface area (Å²) in [4.78, 5) is 25.0. The van der Waals surface area contributed by atoms with E-state index in [2.05, 4.69) is 20.2 Å². The minimum absolute atomic E-state index is 0.00985. The summed E-state index contributed by atoms with van der Waals surface area (Å²) in [5.41, 5.74) is 4.33. The molecule has 150 valence electrons. The summed E-state index contributed by atoms with van der Waals surface area (Å²) in [7, 11) is 0. The van der Waals surface area contributed by atoms with Crippen LogP contribution in [-0.4, -0.2) is 42.3 Å². The maximum atomic E-state index is 13.6. The van der Waals surface area contributed by atoms with Gasteiger partial charge in [-0.2, -0.15) is 15.0 Å². The normalized spacial score (nSPS) is 16.2. The summed E-state index contributed by atoms with van der Waals surface area (Å²) in [6.07, 6.45) is 6.94. The first-order valence-corrected chi connectivity index (χ1v) is 10.1. The first-order chi connectivity index (χ1) is 14.7. The number of carbonyl (C=O) groups is 1. The molecule has 7 heteroatoms. The van der Waals surface area contributed by atoms with Gasteiger partial charge in [0.1, 0.15) is 5.82 Å². The van der Waals surface area contributed by atoms with Gasteiger partial charge in [0.2, 0.25) is 0 Å². The Kier molecular flexibility index (Phi) is 4.63. The third-order valence-corrected chi connectivity index (χ3v) is 5.53. The number of nitrogens with one attached hydrogen (secondary N) is 1. The second-order valence-corrected chi connectivity index (χ2v) is 7.55. The molecular formula is C23H22N6O. The minimum Gasteiger partial charge on any atom is -0.340 e. The van der Waals surface area contributed by atoms with E-state index in [1.165, 1.54) is 4.80 Å². The number of carbonyl (C=O) groups excluding carboxylic acids is 1. The van der Waals surface area contributed by atoms with Crippen LogP contribution in [0.2, 0.25) is 0 Å². The van der Waals surface area contributed by atoms with Gasteiger partial charge in [-0.3, -0.25) is 4.79 Å². The van der Waals surface area contributed by atoms with Crippen molar-refractivity contribution in [2.24, 2.45) is 0 Å². The Bertz CT molecular complexity index is 1170. The van der Waals surface area contributed by atoms with Crippen molar-refractivity contribution in [3.63, 3.8) is 0 Å². The Hall–Kier alpha value is -3.74. The zero-order valence-corrected chi connectivity index (χ0v) is 16.7. The lowest BCUT2D eigenvalue weighted by Gasteiger charge is -2.25. The number of amides is 1. The Balaban J connectivity index is 1.47. The van der Waals surface area contributed by atoms with Crippen LogP contribution in [0, 0.1) is 6.92 Å². The molecule has 1 amide bonds. The van der Waals surface area contributed by atoms with Gasteiger partial charge >= 0.3 is 0 Å². The van der Waals surface area contributed by atoms with Gasteiger partial charge in [0.15, 0.2) is 0 Å². The highest BCUT2D eigenvalue weighted by Gasteiger charge is 2.33. The molecule has 0 spiro atoms. The molecule has 0 radical (unpaired) electrons. The van der Waals surface area contributed by atoms with Crippen LogP contribution in [0.1, 0.15) is 40.5 Å². The summed E-state index contributed by atoms with van der Waals surface area (Å²) in [5.74, 6) is 0.811. The van der Waals surface area contributed by atoms with E-state index in [9.17, 15) is 4.79 Å². The average Bonchev–Trinajstić information content (AvgIpc) is 3.55. The van der Waals surface area contributed by atoms with Crippen LogP contribution in [0.15, 0.2) is 67.1 Å². The molecule has 0 aliphatic carbocycles. The molecule has 1 saturated heterocycles. The van der Waals surface area contributed by atoms with Crippen LogP contribution in [0.3, 0.4) is 0 Å². The van der Waals surface area contributed by atoms with Crippen molar-refractivity contribution < 1.29 is 4.79 Å². The van der Waals surface area contributed by atoms with Crippen molar-refractivity contribution in [2.45, 2.75) is 25.8 Å². The number of hydrogen-bond donors (Lipinski definition) is 1. The lowest BCUT2D eigenvalue weighted by Crippen LogP contribution is -2.31. The maximum absolute atomic E-state index is 13.6. The molecule has 5 rings (SSSR count). The average molecular weight is 398 g/mol. The number of aromatic nitrogens is 5. The Morgan fingerprint density at radius 1 is 1.10 bits per heavy atom. The second kappa shape index (κ2) is 7.59. The topological polar surface area (TPSA) is 79.7 Å². The van der Waals surface area contributed by atoms with E-state index in [0.717, 1.165) is 35.5 Å². The molecule has 0 saturated carbocycles. The van der Waals surface area contributed by atoms with E-state index in [1.54, 1.807) is 12.4 Å². The predicted octanol–water partition coefficient (Wildman–Crippen LogP) is 3.94. The van der Waals surface area contributed by atoms with Crippen molar-refractivity contribution in [1.82, 2.24) is 29.9 Å². The second-order valence-electron chi connectivity index (χ2n) is 7.55. The predicted molar refractivity (Wildman–Crippen MR) is 113 cm³/mol. The molecule has 30 heavy (non-hydrogen) atoms. The standard InChI is InChI=1S/C23H22N6O/c1-16-9-10-20(29-25-11-12-26-29)18(14-16)23(30)28-13-5-8-21(28)19-15-24-22(27-19)17-6-3-2-4-7-17/h2-4,6-7,9-12,14-15,21H,5,8,13H2,1H3,(H,24,27)/t21-/m0/s1. The van der Waals surface area contributed by atoms with Gasteiger partial charge in [-0.1, -0.05) is 42.0 Å². The van der Waals surface area contributed by atoms with Gasteiger partial charge in [-0.05, 0) is 31.9 Å². The van der Waals surface area contributed by atoms with Gasteiger partial charge < -0.3 is 9.88 Å².